The zero-order valence-electron chi connectivity index (χ0n) is 17.5. The van der Waals surface area contributed by atoms with E-state index in [9.17, 15) is 8.42 Å². The lowest BCUT2D eigenvalue weighted by Crippen LogP contribution is -2.35. The van der Waals surface area contributed by atoms with Gasteiger partial charge in [-0.25, -0.2) is 18.9 Å². The Bertz CT molecular complexity index is 1300. The van der Waals surface area contributed by atoms with Gasteiger partial charge in [0.2, 0.25) is 16.4 Å². The highest BCUT2D eigenvalue weighted by Crippen LogP contribution is 2.27. The molecule has 10 heteroatoms. The molecule has 170 valence electrons. The first-order chi connectivity index (χ1) is 16.0. The summed E-state index contributed by atoms with van der Waals surface area (Å²) in [5.41, 5.74) is 5.35. The van der Waals surface area contributed by atoms with Crippen molar-refractivity contribution in [3.8, 4) is 16.8 Å². The fraction of sp³-hybridized carbons (Fsp3) is 0.130. The van der Waals surface area contributed by atoms with Gasteiger partial charge in [0, 0.05) is 24.6 Å². The van der Waals surface area contributed by atoms with Crippen LogP contribution in [0.15, 0.2) is 88.9 Å². The summed E-state index contributed by atoms with van der Waals surface area (Å²) in [4.78, 5) is 13.2. The summed E-state index contributed by atoms with van der Waals surface area (Å²) >= 11 is 0. The van der Waals surface area contributed by atoms with Gasteiger partial charge in [0.1, 0.15) is 5.76 Å². The number of amides is 1. The third-order valence-electron chi connectivity index (χ3n) is 5.34. The Balaban J connectivity index is 0.000000601. The Morgan fingerprint density at radius 1 is 1.03 bits per heavy atom. The molecule has 5 rings (SSSR count). The molecule has 2 aromatic heterocycles. The summed E-state index contributed by atoms with van der Waals surface area (Å²) in [7, 11) is -3.55. The standard InChI is InChI=1S/C22H19N3O3S.CH3NO2/c26-29(27,25-12-9-19-10-14-28-22(19)15-25)21-7-3-18(4-8-21)17-1-5-20(6-2-17)24-13-11-23-16-24;3-1-2-4/h1-8,10-11,13-14,16H,9,12,15H2;1,4H,(H,2,3). The molecule has 0 saturated carbocycles. The summed E-state index contributed by atoms with van der Waals surface area (Å²) in [6.07, 6.45) is 7.85. The van der Waals surface area contributed by atoms with Gasteiger partial charge in [0.25, 0.3) is 0 Å². The van der Waals surface area contributed by atoms with Gasteiger partial charge >= 0.3 is 0 Å². The largest absolute Gasteiger partial charge is 0.468 e. The van der Waals surface area contributed by atoms with Crippen LogP contribution in [0.2, 0.25) is 0 Å². The van der Waals surface area contributed by atoms with Crippen LogP contribution in [0.3, 0.4) is 0 Å². The Kier molecular flexibility index (Phi) is 6.68. The van der Waals surface area contributed by atoms with Crippen LogP contribution in [0, 0.1) is 0 Å². The monoisotopic (exact) mass is 466 g/mol. The maximum absolute atomic E-state index is 13.0. The second kappa shape index (κ2) is 9.82. The zero-order valence-corrected chi connectivity index (χ0v) is 18.4. The number of fused-ring (bicyclic) bond motifs is 1. The molecule has 0 unspecified atom stereocenters. The molecule has 0 spiro atoms. The lowest BCUT2D eigenvalue weighted by atomic mass is 10.1. The number of benzene rings is 2. The van der Waals surface area contributed by atoms with Crippen LogP contribution in [0.25, 0.3) is 16.8 Å². The predicted octanol–water partition coefficient (Wildman–Crippen LogP) is 3.00. The summed E-state index contributed by atoms with van der Waals surface area (Å²) in [6.45, 7) is 0.745. The van der Waals surface area contributed by atoms with E-state index >= 15 is 0 Å². The van der Waals surface area contributed by atoms with E-state index in [4.69, 9.17) is 14.4 Å². The molecule has 3 heterocycles. The lowest BCUT2D eigenvalue weighted by molar-refractivity contribution is -0.116. The first kappa shape index (κ1) is 22.5. The lowest BCUT2D eigenvalue weighted by Gasteiger charge is -2.25. The van der Waals surface area contributed by atoms with Crippen molar-refractivity contribution in [2.45, 2.75) is 17.9 Å². The number of carbonyl (C=O) groups is 1. The van der Waals surface area contributed by atoms with Crippen LogP contribution in [-0.4, -0.2) is 40.4 Å². The number of aromatic nitrogens is 2. The van der Waals surface area contributed by atoms with Crippen LogP contribution in [0.4, 0.5) is 0 Å². The second-order valence-corrected chi connectivity index (χ2v) is 9.18. The van der Waals surface area contributed by atoms with E-state index in [1.807, 2.05) is 53.2 Å². The summed E-state index contributed by atoms with van der Waals surface area (Å²) < 4.78 is 34.9. The maximum Gasteiger partial charge on any atom is 0.243 e. The third-order valence-corrected chi connectivity index (χ3v) is 7.20. The number of hydroxylamine groups is 1. The van der Waals surface area contributed by atoms with E-state index in [0.29, 0.717) is 17.9 Å². The van der Waals surface area contributed by atoms with E-state index in [1.165, 1.54) is 9.79 Å². The van der Waals surface area contributed by atoms with Crippen molar-refractivity contribution in [3.63, 3.8) is 0 Å². The quantitative estimate of drug-likeness (QED) is 0.265. The van der Waals surface area contributed by atoms with E-state index in [2.05, 4.69) is 4.98 Å². The minimum atomic E-state index is -3.55. The number of nitrogens with zero attached hydrogens (tertiary/aromatic N) is 3. The molecule has 0 fully saturated rings. The molecule has 1 amide bonds. The van der Waals surface area contributed by atoms with Crippen molar-refractivity contribution in [3.05, 3.63) is 90.9 Å². The Morgan fingerprint density at radius 3 is 2.30 bits per heavy atom. The SMILES string of the molecule is O=CNO.O=S(=O)(c1ccc(-c2ccc(-n3ccnc3)cc2)cc1)N1CCc2ccoc2C1. The Hall–Kier alpha value is -3.73. The first-order valence-electron chi connectivity index (χ1n) is 10.1. The van der Waals surface area contributed by atoms with Crippen molar-refractivity contribution >= 4 is 16.4 Å². The molecule has 33 heavy (non-hydrogen) atoms. The first-order valence-corrected chi connectivity index (χ1v) is 11.5. The van der Waals surface area contributed by atoms with Crippen LogP contribution < -0.4 is 5.48 Å². The van der Waals surface area contributed by atoms with Crippen molar-refractivity contribution in [1.82, 2.24) is 19.3 Å². The molecule has 0 bridgehead atoms. The van der Waals surface area contributed by atoms with Crippen LogP contribution in [0.5, 0.6) is 0 Å². The van der Waals surface area contributed by atoms with E-state index in [0.717, 1.165) is 28.1 Å². The second-order valence-electron chi connectivity index (χ2n) is 7.25. The Labute approximate surface area is 190 Å². The van der Waals surface area contributed by atoms with Gasteiger partial charge in [-0.1, -0.05) is 24.3 Å². The molecule has 0 radical (unpaired) electrons. The van der Waals surface area contributed by atoms with Gasteiger partial charge in [-0.3, -0.25) is 10.0 Å². The number of imidazole rings is 1. The van der Waals surface area contributed by atoms with E-state index in [1.54, 1.807) is 30.9 Å². The van der Waals surface area contributed by atoms with Crippen molar-refractivity contribution < 1.29 is 22.8 Å². The third kappa shape index (κ3) is 4.87. The number of nitrogens with one attached hydrogen (secondary N) is 1. The highest BCUT2D eigenvalue weighted by molar-refractivity contribution is 7.89. The molecule has 9 nitrogen and oxygen atoms in total. The molecule has 0 aliphatic carbocycles. The number of sulfonamides is 1. The normalized spacial score (nSPS) is 13.5. The number of furan rings is 1. The van der Waals surface area contributed by atoms with E-state index < -0.39 is 10.0 Å². The molecule has 1 aliphatic rings. The molecule has 2 N–H and O–H groups in total. The highest BCUT2D eigenvalue weighted by Gasteiger charge is 2.29. The van der Waals surface area contributed by atoms with Crippen molar-refractivity contribution in [2.75, 3.05) is 6.54 Å². The zero-order chi connectivity index (χ0) is 23.3. The average Bonchev–Trinajstić information content (AvgIpc) is 3.56. The van der Waals surface area contributed by atoms with Crippen LogP contribution in [0.1, 0.15) is 11.3 Å². The number of carbonyl (C=O) groups excluding carboxylic acids is 1. The smallest absolute Gasteiger partial charge is 0.243 e. The van der Waals surface area contributed by atoms with Crippen molar-refractivity contribution in [1.29, 1.82) is 0 Å². The van der Waals surface area contributed by atoms with Crippen LogP contribution in [-0.2, 0) is 27.8 Å². The molecule has 2 aromatic carbocycles. The van der Waals surface area contributed by atoms with Gasteiger partial charge in [-0.15, -0.1) is 0 Å². The minimum absolute atomic E-state index is 0.181. The number of hydrogen-bond donors (Lipinski definition) is 2. The molecule has 1 aliphatic heterocycles. The topological polar surface area (TPSA) is 118 Å². The van der Waals surface area contributed by atoms with Gasteiger partial charge in [0.15, 0.2) is 0 Å². The molecular weight excluding hydrogens is 444 g/mol. The van der Waals surface area contributed by atoms with Gasteiger partial charge in [0.05, 0.1) is 24.0 Å². The Morgan fingerprint density at radius 2 is 1.70 bits per heavy atom. The average molecular weight is 467 g/mol. The number of hydrogen-bond acceptors (Lipinski definition) is 6. The molecule has 4 aromatic rings. The van der Waals surface area contributed by atoms with E-state index in [-0.39, 0.29) is 13.0 Å². The summed E-state index contributed by atoms with van der Waals surface area (Å²) in [5.74, 6) is 0.731. The highest BCUT2D eigenvalue weighted by atomic mass is 32.2. The number of rotatable bonds is 5. The van der Waals surface area contributed by atoms with Gasteiger partial charge < -0.3 is 8.98 Å². The molecular formula is C23H22N4O5S. The molecule has 0 saturated heterocycles. The maximum atomic E-state index is 13.0. The predicted molar refractivity (Wildman–Crippen MR) is 120 cm³/mol. The fourth-order valence-corrected chi connectivity index (χ4v) is 5.02. The molecule has 0 atom stereocenters. The fourth-order valence-electron chi connectivity index (χ4n) is 3.62. The van der Waals surface area contributed by atoms with Gasteiger partial charge in [-0.05, 0) is 53.4 Å². The summed E-state index contributed by atoms with van der Waals surface area (Å²) in [6, 6.07) is 17.0. The van der Waals surface area contributed by atoms with Gasteiger partial charge in [-0.2, -0.15) is 4.31 Å². The summed E-state index contributed by atoms with van der Waals surface area (Å²) in [5, 5.41) is 7.26. The minimum Gasteiger partial charge on any atom is -0.468 e. The van der Waals surface area contributed by atoms with Crippen molar-refractivity contribution in [2.24, 2.45) is 0 Å². The van der Waals surface area contributed by atoms with Crippen LogP contribution >= 0.6 is 0 Å².